The molecule has 0 fully saturated rings. The molecule has 0 aliphatic carbocycles. The minimum absolute atomic E-state index is 0.659. The maximum Gasteiger partial charge on any atom is 0.165 e. The van der Waals surface area contributed by atoms with Gasteiger partial charge in [0, 0.05) is 5.56 Å². The summed E-state index contributed by atoms with van der Waals surface area (Å²) in [5, 5.41) is 0. The van der Waals surface area contributed by atoms with Gasteiger partial charge in [0.15, 0.2) is 5.75 Å². The number of hydroxylamine groups is 1. The zero-order valence-corrected chi connectivity index (χ0v) is 7.16. The summed E-state index contributed by atoms with van der Waals surface area (Å²) in [4.78, 5) is 5.24. The van der Waals surface area contributed by atoms with Crippen molar-refractivity contribution in [3.63, 3.8) is 0 Å². The van der Waals surface area contributed by atoms with Gasteiger partial charge in [-0.2, -0.15) is 4.47 Å². The molecule has 0 aromatic heterocycles. The number of benzene rings is 1. The maximum absolute atomic E-state index is 5.73. The first-order valence-corrected chi connectivity index (χ1v) is 3.90. The van der Waals surface area contributed by atoms with Gasteiger partial charge in [-0.1, -0.05) is 12.1 Å². The Morgan fingerprint density at radius 3 is 2.92 bits per heavy atom. The summed E-state index contributed by atoms with van der Waals surface area (Å²) in [6.07, 6.45) is 1.62. The summed E-state index contributed by atoms with van der Waals surface area (Å²) in [5.41, 5.74) is 7.29. The lowest BCUT2D eigenvalue weighted by molar-refractivity contribution is 0.102. The highest BCUT2D eigenvalue weighted by atomic mass is 32.1. The highest BCUT2D eigenvalue weighted by Crippen LogP contribution is 2.28. The largest absolute Gasteiger partial charge is 0.397 e. The summed E-state index contributed by atoms with van der Waals surface area (Å²) in [5.74, 6) is 0.729. The number of nitrogens with zero attached hydrogens (tertiary/aromatic N) is 1. The number of nitrogens with two attached hydrogens (primary N) is 1. The number of hydrogen-bond donors (Lipinski definition) is 2. The van der Waals surface area contributed by atoms with E-state index >= 15 is 0 Å². The van der Waals surface area contributed by atoms with E-state index in [0.717, 1.165) is 11.3 Å². The Labute approximate surface area is 75.9 Å². The molecule has 0 saturated carbocycles. The molecule has 1 aliphatic rings. The lowest BCUT2D eigenvalue weighted by atomic mass is 10.1. The average Bonchev–Trinajstić information content (AvgIpc) is 2.04. The molecular formula is C8H8N2OS. The van der Waals surface area contributed by atoms with E-state index in [2.05, 4.69) is 12.8 Å². The van der Waals surface area contributed by atoms with Crippen LogP contribution in [0.5, 0.6) is 5.75 Å². The van der Waals surface area contributed by atoms with Crippen LogP contribution in [0.25, 0.3) is 5.70 Å². The minimum Gasteiger partial charge on any atom is -0.397 e. The fraction of sp³-hybridized carbons (Fsp3) is 0. The van der Waals surface area contributed by atoms with Crippen LogP contribution in [0.1, 0.15) is 5.56 Å². The van der Waals surface area contributed by atoms with Crippen LogP contribution in [0, 0.1) is 0 Å². The SMILES string of the molecule is NC1=CN(S)Oc2ccccc21. The molecule has 1 aromatic carbocycles. The molecule has 62 valence electrons. The molecule has 0 spiro atoms. The van der Waals surface area contributed by atoms with E-state index in [1.165, 1.54) is 4.47 Å². The predicted octanol–water partition coefficient (Wildman–Crippen LogP) is 1.40. The van der Waals surface area contributed by atoms with E-state index < -0.39 is 0 Å². The molecule has 0 bridgehead atoms. The molecule has 2 N–H and O–H groups in total. The molecule has 2 rings (SSSR count). The standard InChI is InChI=1S/C8H8N2OS/c9-7-5-10(12)11-8-4-2-1-3-6(7)8/h1-5,12H,9H2. The van der Waals surface area contributed by atoms with Gasteiger partial charge < -0.3 is 10.6 Å². The molecule has 3 nitrogen and oxygen atoms in total. The van der Waals surface area contributed by atoms with Gasteiger partial charge in [-0.05, 0) is 24.9 Å². The van der Waals surface area contributed by atoms with Crippen LogP contribution in [0.15, 0.2) is 30.5 Å². The zero-order valence-electron chi connectivity index (χ0n) is 6.27. The Bertz CT molecular complexity index is 338. The molecule has 1 heterocycles. The first kappa shape index (κ1) is 7.36. The van der Waals surface area contributed by atoms with Crippen molar-refractivity contribution in [2.24, 2.45) is 5.73 Å². The van der Waals surface area contributed by atoms with E-state index in [9.17, 15) is 0 Å². The molecule has 1 aromatic rings. The normalized spacial score (nSPS) is 14.8. The summed E-state index contributed by atoms with van der Waals surface area (Å²) < 4.78 is 1.29. The van der Waals surface area contributed by atoms with E-state index in [0.29, 0.717) is 5.70 Å². The Hall–Kier alpha value is -1.29. The lowest BCUT2D eigenvalue weighted by Gasteiger charge is -2.21. The predicted molar refractivity (Wildman–Crippen MR) is 50.1 cm³/mol. The third-order valence-corrected chi connectivity index (χ3v) is 1.84. The molecule has 0 saturated heterocycles. The topological polar surface area (TPSA) is 38.5 Å². The van der Waals surface area contributed by atoms with Crippen molar-refractivity contribution in [1.29, 1.82) is 0 Å². The minimum atomic E-state index is 0.659. The molecular weight excluding hydrogens is 172 g/mol. The lowest BCUT2D eigenvalue weighted by Crippen LogP contribution is -2.18. The monoisotopic (exact) mass is 180 g/mol. The van der Waals surface area contributed by atoms with Crippen LogP contribution < -0.4 is 10.6 Å². The Morgan fingerprint density at radius 1 is 1.33 bits per heavy atom. The average molecular weight is 180 g/mol. The van der Waals surface area contributed by atoms with Gasteiger partial charge in [0.2, 0.25) is 0 Å². The van der Waals surface area contributed by atoms with E-state index in [1.807, 2.05) is 24.3 Å². The van der Waals surface area contributed by atoms with Crippen molar-refractivity contribution in [1.82, 2.24) is 4.47 Å². The second-order valence-corrected chi connectivity index (χ2v) is 2.87. The van der Waals surface area contributed by atoms with Gasteiger partial charge in [-0.3, -0.25) is 0 Å². The zero-order chi connectivity index (χ0) is 8.55. The van der Waals surface area contributed by atoms with E-state index in [-0.39, 0.29) is 0 Å². The molecule has 0 amide bonds. The second kappa shape index (κ2) is 2.64. The molecule has 1 aliphatic heterocycles. The first-order chi connectivity index (χ1) is 5.77. The van der Waals surface area contributed by atoms with Gasteiger partial charge >= 0.3 is 0 Å². The fourth-order valence-corrected chi connectivity index (χ4v) is 1.31. The molecule has 0 radical (unpaired) electrons. The van der Waals surface area contributed by atoms with Crippen LogP contribution >= 0.6 is 12.8 Å². The fourth-order valence-electron chi connectivity index (χ4n) is 1.10. The quantitative estimate of drug-likeness (QED) is 0.593. The highest BCUT2D eigenvalue weighted by Gasteiger charge is 2.13. The first-order valence-electron chi connectivity index (χ1n) is 3.50. The van der Waals surface area contributed by atoms with Gasteiger partial charge in [0.05, 0.1) is 11.9 Å². The van der Waals surface area contributed by atoms with Crippen LogP contribution in [0.2, 0.25) is 0 Å². The molecule has 12 heavy (non-hydrogen) atoms. The molecule has 0 atom stereocenters. The summed E-state index contributed by atoms with van der Waals surface area (Å²) in [7, 11) is 0. The van der Waals surface area contributed by atoms with Crippen LogP contribution in [-0.4, -0.2) is 4.47 Å². The Balaban J connectivity index is 2.53. The Kier molecular flexibility index (Phi) is 1.62. The van der Waals surface area contributed by atoms with Crippen molar-refractivity contribution in [3.05, 3.63) is 36.0 Å². The number of hydrogen-bond acceptors (Lipinski definition) is 4. The van der Waals surface area contributed by atoms with Crippen molar-refractivity contribution in [2.45, 2.75) is 0 Å². The second-order valence-electron chi connectivity index (χ2n) is 2.47. The van der Waals surface area contributed by atoms with Crippen LogP contribution in [0.4, 0.5) is 0 Å². The van der Waals surface area contributed by atoms with E-state index in [1.54, 1.807) is 6.20 Å². The summed E-state index contributed by atoms with van der Waals surface area (Å²) in [6.45, 7) is 0. The molecule has 0 unspecified atom stereocenters. The Morgan fingerprint density at radius 2 is 2.08 bits per heavy atom. The summed E-state index contributed by atoms with van der Waals surface area (Å²) in [6, 6.07) is 7.55. The van der Waals surface area contributed by atoms with Gasteiger partial charge in [-0.15, -0.1) is 0 Å². The maximum atomic E-state index is 5.73. The number of para-hydroxylation sites is 1. The van der Waals surface area contributed by atoms with Crippen molar-refractivity contribution >= 4 is 18.5 Å². The molecule has 4 heteroatoms. The number of thiol groups is 1. The van der Waals surface area contributed by atoms with Crippen molar-refractivity contribution in [2.75, 3.05) is 0 Å². The van der Waals surface area contributed by atoms with Crippen LogP contribution in [-0.2, 0) is 0 Å². The van der Waals surface area contributed by atoms with Gasteiger partial charge in [-0.25, -0.2) is 0 Å². The summed E-state index contributed by atoms with van der Waals surface area (Å²) >= 11 is 4.00. The van der Waals surface area contributed by atoms with E-state index in [4.69, 9.17) is 10.6 Å². The van der Waals surface area contributed by atoms with Gasteiger partial charge in [0.25, 0.3) is 0 Å². The smallest absolute Gasteiger partial charge is 0.165 e. The van der Waals surface area contributed by atoms with Crippen molar-refractivity contribution in [3.8, 4) is 5.75 Å². The number of fused-ring (bicyclic) bond motifs is 1. The van der Waals surface area contributed by atoms with Crippen molar-refractivity contribution < 1.29 is 4.84 Å². The number of rotatable bonds is 0. The third kappa shape index (κ3) is 1.10. The third-order valence-electron chi connectivity index (χ3n) is 1.64. The van der Waals surface area contributed by atoms with Gasteiger partial charge in [0.1, 0.15) is 0 Å². The van der Waals surface area contributed by atoms with Crippen LogP contribution in [0.3, 0.4) is 0 Å². The highest BCUT2D eigenvalue weighted by molar-refractivity contribution is 7.77.